The zero-order valence-corrected chi connectivity index (χ0v) is 9.07. The van der Waals surface area contributed by atoms with E-state index in [9.17, 15) is 0 Å². The Morgan fingerprint density at radius 1 is 1.20 bits per heavy atom. The van der Waals surface area contributed by atoms with Gasteiger partial charge in [-0.25, -0.2) is 0 Å². The topological polar surface area (TPSA) is 42.2 Å². The number of aryl methyl sites for hydroxylation is 1. The molecule has 15 heavy (non-hydrogen) atoms. The Bertz CT molecular complexity index is 416. The van der Waals surface area contributed by atoms with E-state index in [1.807, 2.05) is 25.1 Å². The maximum absolute atomic E-state index is 8.45. The van der Waals surface area contributed by atoms with Gasteiger partial charge in [-0.15, -0.1) is 0 Å². The zero-order valence-electron chi connectivity index (χ0n) is 9.07. The second kappa shape index (κ2) is 5.06. The van der Waals surface area contributed by atoms with Crippen molar-refractivity contribution in [3.8, 4) is 17.6 Å². The largest absolute Gasteiger partial charge is 0.493 e. The molecule has 0 atom stereocenters. The summed E-state index contributed by atoms with van der Waals surface area (Å²) in [5.74, 6) is 1.37. The normalized spacial score (nSPS) is 10.0. The summed E-state index contributed by atoms with van der Waals surface area (Å²) in [6.45, 7) is 1.96. The maximum Gasteiger partial charge on any atom is 0.161 e. The van der Waals surface area contributed by atoms with E-state index in [0.29, 0.717) is 11.5 Å². The molecule has 1 aromatic rings. The smallest absolute Gasteiger partial charge is 0.161 e. The minimum atomic E-state index is 0.667. The quantitative estimate of drug-likeness (QED) is 0.709. The number of rotatable bonds is 3. The zero-order chi connectivity index (χ0) is 11.3. The highest BCUT2D eigenvalue weighted by Gasteiger charge is 2.06. The van der Waals surface area contributed by atoms with Gasteiger partial charge in [-0.2, -0.15) is 5.26 Å². The van der Waals surface area contributed by atoms with E-state index in [2.05, 4.69) is 0 Å². The molecule has 0 aliphatic carbocycles. The molecule has 0 saturated carbocycles. The molecule has 1 rings (SSSR count). The molecule has 0 heterocycles. The number of hydrogen-bond donors (Lipinski definition) is 0. The molecule has 1 aromatic carbocycles. The molecule has 0 N–H and O–H groups in total. The third-order valence-corrected chi connectivity index (χ3v) is 2.11. The van der Waals surface area contributed by atoms with Gasteiger partial charge >= 0.3 is 0 Å². The number of hydrogen-bond acceptors (Lipinski definition) is 3. The van der Waals surface area contributed by atoms with Crippen LogP contribution in [0.4, 0.5) is 0 Å². The minimum Gasteiger partial charge on any atom is -0.493 e. The van der Waals surface area contributed by atoms with Crippen molar-refractivity contribution in [3.05, 3.63) is 29.3 Å². The Kier molecular flexibility index (Phi) is 3.75. The Morgan fingerprint density at radius 3 is 2.33 bits per heavy atom. The molecule has 0 unspecified atom stereocenters. The van der Waals surface area contributed by atoms with Crippen molar-refractivity contribution in [2.45, 2.75) is 6.92 Å². The summed E-state index contributed by atoms with van der Waals surface area (Å²) in [5.41, 5.74) is 1.99. The van der Waals surface area contributed by atoms with Crippen LogP contribution in [0, 0.1) is 18.3 Å². The van der Waals surface area contributed by atoms with Crippen LogP contribution in [0.3, 0.4) is 0 Å². The lowest BCUT2D eigenvalue weighted by molar-refractivity contribution is 0.354. The first-order valence-electron chi connectivity index (χ1n) is 4.51. The summed E-state index contributed by atoms with van der Waals surface area (Å²) in [4.78, 5) is 0. The molecule has 0 aliphatic heterocycles. The highest BCUT2D eigenvalue weighted by molar-refractivity contribution is 5.61. The van der Waals surface area contributed by atoms with Gasteiger partial charge in [0.2, 0.25) is 0 Å². The van der Waals surface area contributed by atoms with E-state index in [1.165, 1.54) is 6.08 Å². The molecule has 0 radical (unpaired) electrons. The first-order chi connectivity index (χ1) is 7.22. The van der Waals surface area contributed by atoms with E-state index in [0.717, 1.165) is 11.1 Å². The number of nitriles is 1. The summed E-state index contributed by atoms with van der Waals surface area (Å²) in [6.07, 6.45) is 3.19. The molecule has 0 aliphatic rings. The number of nitrogens with zero attached hydrogens (tertiary/aromatic N) is 1. The lowest BCUT2D eigenvalue weighted by atomic mass is 10.1. The Morgan fingerprint density at radius 2 is 1.80 bits per heavy atom. The van der Waals surface area contributed by atoms with Gasteiger partial charge in [-0.1, -0.05) is 0 Å². The fourth-order valence-electron chi connectivity index (χ4n) is 1.30. The molecule has 0 bridgehead atoms. The van der Waals surface area contributed by atoms with Crippen molar-refractivity contribution in [2.75, 3.05) is 14.2 Å². The summed E-state index contributed by atoms with van der Waals surface area (Å²) in [7, 11) is 3.19. The minimum absolute atomic E-state index is 0.667. The van der Waals surface area contributed by atoms with Gasteiger partial charge in [-0.05, 0) is 36.3 Å². The maximum atomic E-state index is 8.45. The molecular weight excluding hydrogens is 190 g/mol. The predicted octanol–water partition coefficient (Wildman–Crippen LogP) is 2.55. The van der Waals surface area contributed by atoms with Crippen LogP contribution < -0.4 is 9.47 Å². The molecule has 3 heteroatoms. The van der Waals surface area contributed by atoms with Crippen molar-refractivity contribution in [2.24, 2.45) is 0 Å². The van der Waals surface area contributed by atoms with Gasteiger partial charge in [0.15, 0.2) is 11.5 Å². The highest BCUT2D eigenvalue weighted by Crippen LogP contribution is 2.30. The van der Waals surface area contributed by atoms with Crippen LogP contribution in [0.5, 0.6) is 11.5 Å². The summed E-state index contributed by atoms with van der Waals surface area (Å²) >= 11 is 0. The first kappa shape index (κ1) is 11.1. The number of methoxy groups -OCH3 is 2. The van der Waals surface area contributed by atoms with Crippen molar-refractivity contribution >= 4 is 6.08 Å². The Labute approximate surface area is 89.6 Å². The van der Waals surface area contributed by atoms with Crippen LogP contribution in [0.25, 0.3) is 6.08 Å². The fraction of sp³-hybridized carbons (Fsp3) is 0.250. The SMILES string of the molecule is COc1cc(C)c(/C=C/C#N)cc1OC. The van der Waals surface area contributed by atoms with Crippen molar-refractivity contribution in [1.82, 2.24) is 0 Å². The average Bonchev–Trinajstić information content (AvgIpc) is 2.27. The van der Waals surface area contributed by atoms with Crippen LogP contribution >= 0.6 is 0 Å². The monoisotopic (exact) mass is 203 g/mol. The van der Waals surface area contributed by atoms with Crippen LogP contribution in [0.2, 0.25) is 0 Å². The van der Waals surface area contributed by atoms with Crippen LogP contribution in [-0.4, -0.2) is 14.2 Å². The Balaban J connectivity index is 3.20. The van der Waals surface area contributed by atoms with E-state index >= 15 is 0 Å². The van der Waals surface area contributed by atoms with Crippen LogP contribution in [-0.2, 0) is 0 Å². The number of allylic oxidation sites excluding steroid dienone is 1. The van der Waals surface area contributed by atoms with E-state index < -0.39 is 0 Å². The van der Waals surface area contributed by atoms with Gasteiger partial charge in [0.05, 0.1) is 20.3 Å². The number of benzene rings is 1. The Hall–Kier alpha value is -1.95. The predicted molar refractivity (Wildman–Crippen MR) is 58.9 cm³/mol. The van der Waals surface area contributed by atoms with E-state index in [-0.39, 0.29) is 0 Å². The lowest BCUT2D eigenvalue weighted by Crippen LogP contribution is -1.92. The summed E-state index contributed by atoms with van der Waals surface area (Å²) < 4.78 is 10.3. The van der Waals surface area contributed by atoms with Crippen LogP contribution in [0.15, 0.2) is 18.2 Å². The van der Waals surface area contributed by atoms with Gasteiger partial charge in [0.1, 0.15) is 0 Å². The first-order valence-corrected chi connectivity index (χ1v) is 4.51. The molecule has 3 nitrogen and oxygen atoms in total. The van der Waals surface area contributed by atoms with E-state index in [1.54, 1.807) is 20.3 Å². The van der Waals surface area contributed by atoms with Crippen molar-refractivity contribution < 1.29 is 9.47 Å². The summed E-state index contributed by atoms with van der Waals surface area (Å²) in [6, 6.07) is 5.69. The average molecular weight is 203 g/mol. The van der Waals surface area contributed by atoms with Gasteiger partial charge in [-0.3, -0.25) is 0 Å². The second-order valence-electron chi connectivity index (χ2n) is 3.03. The molecule has 0 saturated heterocycles. The third-order valence-electron chi connectivity index (χ3n) is 2.11. The third kappa shape index (κ3) is 2.50. The van der Waals surface area contributed by atoms with Gasteiger partial charge < -0.3 is 9.47 Å². The molecule has 0 amide bonds. The number of ether oxygens (including phenoxy) is 2. The highest BCUT2D eigenvalue weighted by atomic mass is 16.5. The fourth-order valence-corrected chi connectivity index (χ4v) is 1.30. The van der Waals surface area contributed by atoms with Gasteiger partial charge in [0.25, 0.3) is 0 Å². The molecular formula is C12H13NO2. The molecule has 0 aromatic heterocycles. The van der Waals surface area contributed by atoms with Crippen molar-refractivity contribution in [1.29, 1.82) is 5.26 Å². The lowest BCUT2D eigenvalue weighted by Gasteiger charge is -2.10. The molecule has 0 spiro atoms. The molecule has 0 fully saturated rings. The second-order valence-corrected chi connectivity index (χ2v) is 3.03. The van der Waals surface area contributed by atoms with E-state index in [4.69, 9.17) is 14.7 Å². The molecule has 78 valence electrons. The standard InChI is InChI=1S/C12H13NO2/c1-9-7-11(14-2)12(15-3)8-10(9)5-4-6-13/h4-5,7-8H,1-3H3/b5-4+. The van der Waals surface area contributed by atoms with Crippen molar-refractivity contribution in [3.63, 3.8) is 0 Å². The van der Waals surface area contributed by atoms with Crippen LogP contribution in [0.1, 0.15) is 11.1 Å². The summed E-state index contributed by atoms with van der Waals surface area (Å²) in [5, 5.41) is 8.45. The van der Waals surface area contributed by atoms with Gasteiger partial charge in [0, 0.05) is 6.08 Å².